The first-order valence-corrected chi connectivity index (χ1v) is 25.0. The molecule has 310 valence electrons. The Balaban J connectivity index is 3.98. The maximum atomic E-state index is 9.44. The summed E-state index contributed by atoms with van der Waals surface area (Å²) >= 11 is 0. The molecule has 3 nitrogen and oxygen atoms in total. The zero-order valence-corrected chi connectivity index (χ0v) is 37.4. The van der Waals surface area contributed by atoms with Gasteiger partial charge in [0.1, 0.15) is 0 Å². The summed E-state index contributed by atoms with van der Waals surface area (Å²) in [7, 11) is 1.57. The lowest BCUT2D eigenvalue weighted by Gasteiger charge is -2.22. The number of ether oxygens (including phenoxy) is 1. The van der Waals surface area contributed by atoms with Crippen molar-refractivity contribution in [1.82, 2.24) is 4.90 Å². The first-order chi connectivity index (χ1) is 25.6. The highest BCUT2D eigenvalue weighted by Gasteiger charge is 2.15. The van der Waals surface area contributed by atoms with Crippen LogP contribution in [0.4, 0.5) is 0 Å². The fourth-order valence-electron chi connectivity index (χ4n) is 7.95. The van der Waals surface area contributed by atoms with E-state index in [9.17, 15) is 5.11 Å². The molecule has 0 rings (SSSR count). The third-order valence-corrected chi connectivity index (χ3v) is 12.7. The van der Waals surface area contributed by atoms with E-state index in [1.54, 1.807) is 8.20 Å². The van der Waals surface area contributed by atoms with Crippen LogP contribution in [0.1, 0.15) is 240 Å². The van der Waals surface area contributed by atoms with E-state index in [2.05, 4.69) is 45.8 Å². The van der Waals surface area contributed by atoms with Crippen LogP contribution < -0.4 is 0 Å². The van der Waals surface area contributed by atoms with Gasteiger partial charge in [0.2, 0.25) is 0 Å². The molecule has 0 saturated heterocycles. The number of allylic oxidation sites excluding steroid dienone is 1. The summed E-state index contributed by atoms with van der Waals surface area (Å²) in [6.07, 6.45) is 44.3. The monoisotopic (exact) mass is 750 g/mol. The Hall–Kier alpha value is -0.370. The van der Waals surface area contributed by atoms with Crippen molar-refractivity contribution in [2.24, 2.45) is 11.8 Å². The molecule has 0 aliphatic carbocycles. The number of nitrogens with zero attached hydrogens (tertiary/aromatic N) is 1. The fourth-order valence-corrected chi connectivity index (χ4v) is 8.96. The van der Waals surface area contributed by atoms with Gasteiger partial charge in [0.05, 0.1) is 12.4 Å². The molecule has 0 aliphatic heterocycles. The molecule has 0 aromatic heterocycles. The van der Waals surface area contributed by atoms with Crippen LogP contribution in [0.2, 0.25) is 0 Å². The van der Waals surface area contributed by atoms with Gasteiger partial charge < -0.3 is 14.7 Å². The maximum Gasteiger partial charge on any atom is 0.0918 e. The average molecular weight is 750 g/mol. The van der Waals surface area contributed by atoms with E-state index in [1.807, 2.05) is 5.29 Å². The van der Waals surface area contributed by atoms with Gasteiger partial charge in [-0.3, -0.25) is 0 Å². The van der Waals surface area contributed by atoms with E-state index < -0.39 is 0 Å². The van der Waals surface area contributed by atoms with E-state index >= 15 is 0 Å². The highest BCUT2D eigenvalue weighted by atomic mass is 31.1. The van der Waals surface area contributed by atoms with Gasteiger partial charge in [-0.2, -0.15) is 0 Å². The lowest BCUT2D eigenvalue weighted by Crippen LogP contribution is -2.27. The van der Waals surface area contributed by atoms with Crippen molar-refractivity contribution < 1.29 is 9.84 Å². The predicted molar refractivity (Wildman–Crippen MR) is 239 cm³/mol. The van der Waals surface area contributed by atoms with Gasteiger partial charge in [-0.05, 0) is 95.2 Å². The van der Waals surface area contributed by atoms with Crippen LogP contribution in [0.5, 0.6) is 0 Å². The normalized spacial score (nSPS) is 13.2. The average Bonchev–Trinajstić information content (AvgIpc) is 3.15. The van der Waals surface area contributed by atoms with Gasteiger partial charge in [-0.15, -0.1) is 8.20 Å². The van der Waals surface area contributed by atoms with E-state index in [4.69, 9.17) is 4.74 Å². The second kappa shape index (κ2) is 41.8. The topological polar surface area (TPSA) is 32.7 Å². The first kappa shape index (κ1) is 51.6. The first-order valence-electron chi connectivity index (χ1n) is 23.7. The van der Waals surface area contributed by atoms with Crippen LogP contribution in [0.25, 0.3) is 0 Å². The SMILES string of the molecule is C=C(OCCCCCCCCCN(CCCO)CCCCCCCCCCC(=PC)C(CCCC)CCCCCC)C(CCCC)CCCCCC. The zero-order chi connectivity index (χ0) is 38.2. The lowest BCUT2D eigenvalue weighted by atomic mass is 9.90. The molecule has 0 spiro atoms. The molecular weight excluding hydrogens is 654 g/mol. The molecule has 4 heteroatoms. The Kier molecular flexibility index (Phi) is 41.5. The highest BCUT2D eigenvalue weighted by Crippen LogP contribution is 2.26. The summed E-state index contributed by atoms with van der Waals surface area (Å²) in [4.78, 5) is 2.64. The third kappa shape index (κ3) is 33.0. The standard InChI is InChI=1S/C48H96NO2P/c1-7-11-15-28-37-46(35-13-9-3)45(5)51-44-33-27-23-19-22-26-32-41-49(42-34-43-50)40-31-25-21-18-17-20-24-30-39-48(52-6)47(36-14-10-4)38-29-16-12-8-2/h46-47,50H,5,7-44H2,1-4,6H3. The van der Waals surface area contributed by atoms with Gasteiger partial charge >= 0.3 is 0 Å². The molecular formula is C48H96NO2P. The summed E-state index contributed by atoms with van der Waals surface area (Å²) in [5.74, 6) is 2.52. The number of aliphatic hydroxyl groups is 1. The predicted octanol–water partition coefficient (Wildman–Crippen LogP) is 15.7. The molecule has 0 saturated carbocycles. The second-order valence-electron chi connectivity index (χ2n) is 16.4. The fraction of sp³-hybridized carbons (Fsp3) is 0.938. The minimum Gasteiger partial charge on any atom is -0.498 e. The van der Waals surface area contributed by atoms with Crippen molar-refractivity contribution in [3.63, 3.8) is 0 Å². The number of hydrogen-bond acceptors (Lipinski definition) is 3. The van der Waals surface area contributed by atoms with E-state index in [0.717, 1.165) is 31.2 Å². The summed E-state index contributed by atoms with van der Waals surface area (Å²) in [5.41, 5.74) is 0. The summed E-state index contributed by atoms with van der Waals surface area (Å²) in [5, 5.41) is 11.3. The van der Waals surface area contributed by atoms with Crippen molar-refractivity contribution in [3.8, 4) is 0 Å². The second-order valence-corrected chi connectivity index (χ2v) is 17.4. The molecule has 0 aliphatic rings. The Morgan fingerprint density at radius 2 is 0.904 bits per heavy atom. The van der Waals surface area contributed by atoms with Crippen LogP contribution in [0.3, 0.4) is 0 Å². The minimum atomic E-state index is 0.321. The smallest absolute Gasteiger partial charge is 0.0918 e. The molecule has 52 heavy (non-hydrogen) atoms. The Morgan fingerprint density at radius 1 is 0.500 bits per heavy atom. The van der Waals surface area contributed by atoms with Crippen LogP contribution in [0.15, 0.2) is 12.3 Å². The van der Waals surface area contributed by atoms with Crippen molar-refractivity contribution in [3.05, 3.63) is 12.3 Å². The van der Waals surface area contributed by atoms with E-state index in [0.29, 0.717) is 12.5 Å². The molecule has 2 unspecified atom stereocenters. The Bertz CT molecular complexity index is 755. The zero-order valence-electron chi connectivity index (χ0n) is 36.5. The van der Waals surface area contributed by atoms with Crippen LogP contribution in [-0.2, 0) is 4.74 Å². The lowest BCUT2D eigenvalue weighted by molar-refractivity contribution is 0.164. The number of hydrogen-bond donors (Lipinski definition) is 1. The van der Waals surface area contributed by atoms with Gasteiger partial charge in [-0.1, -0.05) is 182 Å². The minimum absolute atomic E-state index is 0.321. The molecule has 0 heterocycles. The largest absolute Gasteiger partial charge is 0.498 e. The molecule has 0 aromatic carbocycles. The maximum absolute atomic E-state index is 9.44. The molecule has 0 aromatic rings. The van der Waals surface area contributed by atoms with Crippen molar-refractivity contribution in [2.75, 3.05) is 39.5 Å². The third-order valence-electron chi connectivity index (χ3n) is 11.5. The Morgan fingerprint density at radius 3 is 1.40 bits per heavy atom. The van der Waals surface area contributed by atoms with Gasteiger partial charge in [0.15, 0.2) is 0 Å². The molecule has 0 fully saturated rings. The van der Waals surface area contributed by atoms with Crippen molar-refractivity contribution >= 4 is 13.5 Å². The molecule has 0 radical (unpaired) electrons. The van der Waals surface area contributed by atoms with Gasteiger partial charge in [-0.25, -0.2) is 0 Å². The molecule has 1 N–H and O–H groups in total. The van der Waals surface area contributed by atoms with Gasteiger partial charge in [0, 0.05) is 19.1 Å². The number of aliphatic hydroxyl groups excluding tert-OH is 1. The van der Waals surface area contributed by atoms with Crippen LogP contribution in [0, 0.1) is 11.8 Å². The molecule has 2 atom stereocenters. The van der Waals surface area contributed by atoms with Crippen LogP contribution in [-0.4, -0.2) is 54.8 Å². The van der Waals surface area contributed by atoms with E-state index in [-0.39, 0.29) is 0 Å². The number of rotatable bonds is 43. The molecule has 0 amide bonds. The summed E-state index contributed by atoms with van der Waals surface area (Å²) in [6.45, 7) is 20.6. The molecule has 0 bridgehead atoms. The summed E-state index contributed by atoms with van der Waals surface area (Å²) < 4.78 is 6.16. The number of unbranched alkanes of at least 4 members (excludes halogenated alkanes) is 21. The Labute approximate surface area is 330 Å². The van der Waals surface area contributed by atoms with Crippen molar-refractivity contribution in [2.45, 2.75) is 240 Å². The quantitative estimate of drug-likeness (QED) is 0.0383. The summed E-state index contributed by atoms with van der Waals surface area (Å²) in [6, 6.07) is 0. The highest BCUT2D eigenvalue weighted by molar-refractivity contribution is 7.39. The van der Waals surface area contributed by atoms with Gasteiger partial charge in [0.25, 0.3) is 0 Å². The van der Waals surface area contributed by atoms with Crippen molar-refractivity contribution in [1.29, 1.82) is 0 Å². The van der Waals surface area contributed by atoms with E-state index in [1.165, 1.54) is 219 Å². The van der Waals surface area contributed by atoms with Crippen LogP contribution >= 0.6 is 8.20 Å².